The van der Waals surface area contributed by atoms with Crippen molar-refractivity contribution in [1.82, 2.24) is 45.4 Å². The first-order chi connectivity index (χ1) is 28.8. The van der Waals surface area contributed by atoms with E-state index in [4.69, 9.17) is 18.9 Å². The topological polar surface area (TPSA) is 201 Å². The summed E-state index contributed by atoms with van der Waals surface area (Å²) in [5.74, 6) is 1.60. The number of nitrogens with zero attached hydrogens (tertiary/aromatic N) is 5. The highest BCUT2D eigenvalue weighted by atomic mass is 16.5. The van der Waals surface area contributed by atoms with Crippen LogP contribution in [0.1, 0.15) is 72.6 Å². The van der Waals surface area contributed by atoms with Crippen LogP contribution in [0, 0.1) is 0 Å². The number of rotatable bonds is 11. The number of carbonyl (C=O) groups is 4. The number of ether oxygens (including phenoxy) is 2. The number of methoxy groups -OCH3 is 2. The first-order valence-electron chi connectivity index (χ1n) is 19.4. The third-order valence-electron chi connectivity index (χ3n) is 10.7. The molecule has 4 amide bonds. The van der Waals surface area contributed by atoms with Crippen LogP contribution in [0.25, 0.3) is 34.2 Å². The predicted octanol–water partition coefficient (Wildman–Crippen LogP) is 6.64. The summed E-state index contributed by atoms with van der Waals surface area (Å²) in [7, 11) is 2.53. The maximum atomic E-state index is 13.9. The molecule has 4 atom stereocenters. The van der Waals surface area contributed by atoms with E-state index in [0.29, 0.717) is 66.1 Å². The van der Waals surface area contributed by atoms with Gasteiger partial charge in [-0.2, -0.15) is 0 Å². The molecule has 2 aliphatic heterocycles. The van der Waals surface area contributed by atoms with Gasteiger partial charge >= 0.3 is 12.2 Å². The molecule has 0 radical (unpaired) electrons. The van der Waals surface area contributed by atoms with Gasteiger partial charge in [0.15, 0.2) is 5.76 Å². The van der Waals surface area contributed by atoms with Crippen LogP contribution in [0.5, 0.6) is 0 Å². The van der Waals surface area contributed by atoms with E-state index in [9.17, 15) is 19.2 Å². The molecule has 3 aromatic carbocycles. The number of amides is 4. The molecule has 3 aromatic heterocycles. The third-order valence-corrected chi connectivity index (χ3v) is 10.7. The number of aromatic amines is 2. The molecule has 0 spiro atoms. The zero-order chi connectivity index (χ0) is 40.9. The van der Waals surface area contributed by atoms with Crippen LogP contribution < -0.4 is 10.6 Å². The molecular weight excluding hydrogens is 755 g/mol. The monoisotopic (exact) mass is 797 g/mol. The lowest BCUT2D eigenvalue weighted by Gasteiger charge is -2.28. The van der Waals surface area contributed by atoms with Gasteiger partial charge in [0.05, 0.1) is 50.6 Å². The number of hydrogen-bond donors (Lipinski definition) is 4. The van der Waals surface area contributed by atoms with Crippen molar-refractivity contribution in [3.63, 3.8) is 0 Å². The molecule has 2 saturated heterocycles. The summed E-state index contributed by atoms with van der Waals surface area (Å²) in [4.78, 5) is 76.4. The summed E-state index contributed by atoms with van der Waals surface area (Å²) in [5.41, 5.74) is 4.26. The Morgan fingerprint density at radius 1 is 0.661 bits per heavy atom. The van der Waals surface area contributed by atoms with Gasteiger partial charge in [-0.05, 0) is 42.9 Å². The summed E-state index contributed by atoms with van der Waals surface area (Å²) in [6, 6.07) is 23.4. The van der Waals surface area contributed by atoms with Crippen molar-refractivity contribution in [2.24, 2.45) is 0 Å². The molecule has 59 heavy (non-hydrogen) atoms. The Hall–Kier alpha value is -7.23. The second-order valence-corrected chi connectivity index (χ2v) is 14.3. The smallest absolute Gasteiger partial charge is 0.407 e. The first-order valence-corrected chi connectivity index (χ1v) is 19.4. The van der Waals surface area contributed by atoms with Crippen molar-refractivity contribution in [1.29, 1.82) is 0 Å². The van der Waals surface area contributed by atoms with Gasteiger partial charge in [0.1, 0.15) is 29.4 Å². The average molecular weight is 798 g/mol. The molecule has 2 fully saturated rings. The average Bonchev–Trinajstić information content (AvgIpc) is 4.13. The maximum Gasteiger partial charge on any atom is 0.407 e. The van der Waals surface area contributed by atoms with Crippen LogP contribution in [-0.2, 0) is 19.1 Å². The molecule has 16 heteroatoms. The number of benzene rings is 3. The van der Waals surface area contributed by atoms with E-state index in [1.54, 1.807) is 52.7 Å². The number of H-pyrrole nitrogens is 2. The number of likely N-dealkylation sites (tertiary alicyclic amines) is 2. The van der Waals surface area contributed by atoms with Crippen molar-refractivity contribution in [2.45, 2.75) is 49.9 Å². The fourth-order valence-corrected chi connectivity index (χ4v) is 7.82. The van der Waals surface area contributed by atoms with Crippen molar-refractivity contribution in [3.05, 3.63) is 126 Å². The number of imidazole rings is 2. The van der Waals surface area contributed by atoms with Crippen LogP contribution in [0.15, 0.2) is 108 Å². The van der Waals surface area contributed by atoms with E-state index in [0.717, 1.165) is 29.7 Å². The first kappa shape index (κ1) is 38.6. The van der Waals surface area contributed by atoms with E-state index in [1.807, 2.05) is 60.7 Å². The molecule has 0 unspecified atom stereocenters. The maximum absolute atomic E-state index is 13.9. The summed E-state index contributed by atoms with van der Waals surface area (Å²) >= 11 is 0. The summed E-state index contributed by atoms with van der Waals surface area (Å²) in [6.07, 6.45) is 6.60. The van der Waals surface area contributed by atoms with Gasteiger partial charge in [0.25, 0.3) is 11.8 Å². The molecular formula is C43H43N9O7. The molecule has 0 saturated carbocycles. The Labute approximate surface area is 339 Å². The fourth-order valence-electron chi connectivity index (χ4n) is 7.82. The number of nitrogens with one attached hydrogen (secondary N) is 4. The molecule has 0 aliphatic carbocycles. The van der Waals surface area contributed by atoms with Crippen molar-refractivity contribution < 1.29 is 33.1 Å². The van der Waals surface area contributed by atoms with Gasteiger partial charge in [-0.15, -0.1) is 0 Å². The van der Waals surface area contributed by atoms with Gasteiger partial charge in [0.2, 0.25) is 5.89 Å². The van der Waals surface area contributed by atoms with Gasteiger partial charge in [-0.3, -0.25) is 9.59 Å². The SMILES string of the molecule is COC(=O)N[C@@H](C(=O)N1CCC[C@H]1c1ncc(-c2cccc(-c3cnc(-c4cnc([C@@H]5CCCN5C(=O)[C@H](NC(=O)OC)c5ccccc5)[nH]4)o3)c2)[nH]1)c1ccccc1. The number of carbonyl (C=O) groups excluding carboxylic acids is 4. The highest BCUT2D eigenvalue weighted by Crippen LogP contribution is 2.37. The Morgan fingerprint density at radius 3 is 1.71 bits per heavy atom. The Balaban J connectivity index is 0.969. The summed E-state index contributed by atoms with van der Waals surface area (Å²) in [5, 5.41) is 5.39. The quantitative estimate of drug-likeness (QED) is 0.110. The molecule has 2 aliphatic rings. The largest absolute Gasteiger partial charge is 0.453 e. The van der Waals surface area contributed by atoms with Gasteiger partial charge < -0.3 is 44.3 Å². The second-order valence-electron chi connectivity index (χ2n) is 14.3. The van der Waals surface area contributed by atoms with Crippen LogP contribution in [0.2, 0.25) is 0 Å². The highest BCUT2D eigenvalue weighted by molar-refractivity contribution is 5.88. The van der Waals surface area contributed by atoms with Crippen molar-refractivity contribution in [3.8, 4) is 34.2 Å². The molecule has 0 bridgehead atoms. The van der Waals surface area contributed by atoms with Crippen LogP contribution in [0.3, 0.4) is 0 Å². The zero-order valence-electron chi connectivity index (χ0n) is 32.5. The Bertz CT molecular complexity index is 2430. The van der Waals surface area contributed by atoms with Crippen molar-refractivity contribution in [2.75, 3.05) is 27.3 Å². The van der Waals surface area contributed by atoms with E-state index < -0.39 is 24.3 Å². The molecule has 302 valence electrons. The van der Waals surface area contributed by atoms with Crippen LogP contribution in [-0.4, -0.2) is 86.0 Å². The normalized spacial score (nSPS) is 17.3. The van der Waals surface area contributed by atoms with Gasteiger partial charge in [0, 0.05) is 24.2 Å². The molecule has 8 rings (SSSR count). The Morgan fingerprint density at radius 2 is 1.17 bits per heavy atom. The minimum Gasteiger partial charge on any atom is -0.453 e. The minimum absolute atomic E-state index is 0.242. The van der Waals surface area contributed by atoms with Gasteiger partial charge in [-0.1, -0.05) is 78.9 Å². The number of oxazole rings is 1. The molecule has 5 heterocycles. The third kappa shape index (κ3) is 8.14. The Kier molecular flexibility index (Phi) is 11.2. The van der Waals surface area contributed by atoms with E-state index in [-0.39, 0.29) is 23.9 Å². The zero-order valence-corrected chi connectivity index (χ0v) is 32.5. The number of hydrogen-bond acceptors (Lipinski definition) is 10. The number of aromatic nitrogens is 5. The standard InChI is InChI=1S/C43H43N9O7/c1-57-42(55)49-35(26-12-5-3-6-13-26)40(53)51-20-10-18-32(51)37-44-23-30(47-37)28-16-9-17-29(22-28)34-25-46-39(59-34)31-24-45-38(48-31)33-19-11-21-52(33)41(54)36(50-43(56)58-2)27-14-7-4-8-15-27/h3-9,12-17,22-25,32-33,35-36H,10-11,18-21H2,1-2H3,(H,44,47)(H,45,48)(H,49,55)(H,50,56)/t32-,33-,35+,36+/m0/s1. The molecule has 16 nitrogen and oxygen atoms in total. The highest BCUT2D eigenvalue weighted by Gasteiger charge is 2.38. The molecule has 4 N–H and O–H groups in total. The second kappa shape index (κ2) is 17.1. The molecule has 6 aromatic rings. The fraction of sp³-hybridized carbons (Fsp3) is 0.279. The lowest BCUT2D eigenvalue weighted by molar-refractivity contribution is -0.135. The van der Waals surface area contributed by atoms with E-state index in [2.05, 4.69) is 30.6 Å². The van der Waals surface area contributed by atoms with E-state index in [1.165, 1.54) is 14.2 Å². The van der Waals surface area contributed by atoms with Crippen LogP contribution >= 0.6 is 0 Å². The summed E-state index contributed by atoms with van der Waals surface area (Å²) in [6.45, 7) is 1.02. The van der Waals surface area contributed by atoms with Gasteiger partial charge in [-0.25, -0.2) is 24.5 Å². The minimum atomic E-state index is -0.923. The summed E-state index contributed by atoms with van der Waals surface area (Å²) < 4.78 is 15.9. The predicted molar refractivity (Wildman–Crippen MR) is 214 cm³/mol. The lowest BCUT2D eigenvalue weighted by Crippen LogP contribution is -2.42. The number of alkyl carbamates (subject to hydrolysis) is 2. The van der Waals surface area contributed by atoms with Crippen LogP contribution in [0.4, 0.5) is 9.59 Å². The lowest BCUT2D eigenvalue weighted by atomic mass is 10.0. The van der Waals surface area contributed by atoms with E-state index >= 15 is 0 Å². The van der Waals surface area contributed by atoms with Crippen molar-refractivity contribution >= 4 is 24.0 Å².